The zero-order valence-corrected chi connectivity index (χ0v) is 19.8. The molecule has 0 spiro atoms. The lowest BCUT2D eigenvalue weighted by Crippen LogP contribution is -2.35. The molecule has 2 rings (SSSR count). The van der Waals surface area contributed by atoms with Gasteiger partial charge in [-0.1, -0.05) is 29.3 Å². The Labute approximate surface area is 186 Å². The van der Waals surface area contributed by atoms with Crippen molar-refractivity contribution in [2.24, 2.45) is 0 Å². The number of halogens is 2. The molecule has 0 radical (unpaired) electrons. The molecule has 1 amide bonds. The second kappa shape index (κ2) is 9.21. The number of hydrogen-bond donors (Lipinski definition) is 1. The Kier molecular flexibility index (Phi) is 7.54. The van der Waals surface area contributed by atoms with Crippen molar-refractivity contribution in [3.05, 3.63) is 52.0 Å². The van der Waals surface area contributed by atoms with Crippen molar-refractivity contribution < 1.29 is 21.6 Å². The number of nitrogens with zero attached hydrogens (tertiary/aromatic N) is 2. The highest BCUT2D eigenvalue weighted by atomic mass is 35.5. The number of aryl methyl sites for hydroxylation is 1. The molecule has 164 valence electrons. The Hall–Kier alpha value is -1.69. The van der Waals surface area contributed by atoms with Crippen molar-refractivity contribution in [3.63, 3.8) is 0 Å². The maximum Gasteiger partial charge on any atom is 0.244 e. The number of sulfonamides is 2. The van der Waals surface area contributed by atoms with Crippen molar-refractivity contribution in [3.8, 4) is 0 Å². The molecule has 2 aromatic rings. The molecular weight excluding hydrogens is 473 g/mol. The summed E-state index contributed by atoms with van der Waals surface area (Å²) in [5.74, 6) is -0.651. The summed E-state index contributed by atoms with van der Waals surface area (Å²) in [6.07, 6.45) is 0. The first-order valence-corrected chi connectivity index (χ1v) is 12.1. The topological polar surface area (TPSA) is 104 Å². The summed E-state index contributed by atoms with van der Waals surface area (Å²) in [7, 11) is -3.75. The average molecular weight is 494 g/mol. The molecule has 0 atom stereocenters. The van der Waals surface area contributed by atoms with E-state index in [1.54, 1.807) is 13.0 Å². The van der Waals surface area contributed by atoms with Gasteiger partial charge in [0, 0.05) is 31.9 Å². The first-order valence-electron chi connectivity index (χ1n) is 8.51. The van der Waals surface area contributed by atoms with Crippen LogP contribution in [0.1, 0.15) is 5.56 Å². The Bertz CT molecular complexity index is 1180. The highest BCUT2D eigenvalue weighted by Crippen LogP contribution is 2.27. The van der Waals surface area contributed by atoms with Crippen LogP contribution in [0.2, 0.25) is 10.0 Å². The van der Waals surface area contributed by atoms with Gasteiger partial charge in [0.05, 0.1) is 16.5 Å². The van der Waals surface area contributed by atoms with Gasteiger partial charge in [-0.3, -0.25) is 4.79 Å². The van der Waals surface area contributed by atoms with Crippen molar-refractivity contribution in [2.45, 2.75) is 16.7 Å². The Morgan fingerprint density at radius 3 is 2.20 bits per heavy atom. The van der Waals surface area contributed by atoms with Crippen molar-refractivity contribution >= 4 is 54.8 Å². The van der Waals surface area contributed by atoms with Crippen LogP contribution in [0, 0.1) is 6.92 Å². The minimum absolute atomic E-state index is 0.0000790. The maximum absolute atomic E-state index is 12.7. The van der Waals surface area contributed by atoms with E-state index in [1.807, 2.05) is 0 Å². The van der Waals surface area contributed by atoms with E-state index in [0.29, 0.717) is 5.56 Å². The third kappa shape index (κ3) is 5.32. The fourth-order valence-electron chi connectivity index (χ4n) is 2.43. The molecule has 12 heteroatoms. The molecule has 0 aliphatic carbocycles. The highest BCUT2D eigenvalue weighted by Gasteiger charge is 2.26. The molecule has 0 aliphatic rings. The van der Waals surface area contributed by atoms with Gasteiger partial charge in [0.15, 0.2) is 0 Å². The molecule has 8 nitrogen and oxygen atoms in total. The minimum Gasteiger partial charge on any atom is -0.325 e. The summed E-state index contributed by atoms with van der Waals surface area (Å²) in [6.45, 7) is 1.17. The number of likely N-dealkylation sites (N-methyl/N-ethyl adjacent to an activating group) is 1. The smallest absolute Gasteiger partial charge is 0.244 e. The van der Waals surface area contributed by atoms with E-state index < -0.39 is 32.5 Å². The Balaban J connectivity index is 2.24. The van der Waals surface area contributed by atoms with Crippen molar-refractivity contribution in [1.82, 2.24) is 8.61 Å². The fraction of sp³-hybridized carbons (Fsp3) is 0.278. The van der Waals surface area contributed by atoms with Crippen LogP contribution in [0.4, 0.5) is 5.69 Å². The van der Waals surface area contributed by atoms with E-state index in [4.69, 9.17) is 23.2 Å². The third-order valence-electron chi connectivity index (χ3n) is 4.21. The minimum atomic E-state index is -4.08. The second-order valence-corrected chi connectivity index (χ2v) is 11.7. The monoisotopic (exact) mass is 493 g/mol. The molecule has 0 heterocycles. The number of benzene rings is 2. The predicted octanol–water partition coefficient (Wildman–Crippen LogP) is 2.81. The number of rotatable bonds is 7. The highest BCUT2D eigenvalue weighted by molar-refractivity contribution is 7.89. The molecule has 0 bridgehead atoms. The Morgan fingerprint density at radius 2 is 1.60 bits per heavy atom. The summed E-state index contributed by atoms with van der Waals surface area (Å²) < 4.78 is 52.0. The lowest BCUT2D eigenvalue weighted by atomic mass is 10.2. The van der Waals surface area contributed by atoms with E-state index in [2.05, 4.69) is 5.32 Å². The van der Waals surface area contributed by atoms with E-state index in [9.17, 15) is 21.6 Å². The van der Waals surface area contributed by atoms with Crippen molar-refractivity contribution in [2.75, 3.05) is 33.0 Å². The molecular formula is C18H21Cl2N3O5S2. The van der Waals surface area contributed by atoms with Crippen LogP contribution in [0.3, 0.4) is 0 Å². The Morgan fingerprint density at radius 1 is 0.967 bits per heavy atom. The quantitative estimate of drug-likeness (QED) is 0.638. The predicted molar refractivity (Wildman–Crippen MR) is 117 cm³/mol. The summed E-state index contributed by atoms with van der Waals surface area (Å²) in [4.78, 5) is 12.2. The van der Waals surface area contributed by atoms with Gasteiger partial charge in [0.2, 0.25) is 26.0 Å². The lowest BCUT2D eigenvalue weighted by Gasteiger charge is -2.19. The van der Waals surface area contributed by atoms with Gasteiger partial charge >= 0.3 is 0 Å². The number of amides is 1. The van der Waals surface area contributed by atoms with Crippen LogP contribution in [-0.4, -0.2) is 59.0 Å². The molecule has 0 aliphatic heterocycles. The molecule has 0 saturated carbocycles. The molecule has 2 aromatic carbocycles. The summed E-state index contributed by atoms with van der Waals surface area (Å²) in [5.41, 5.74) is 0.874. The van der Waals surface area contributed by atoms with Crippen LogP contribution in [0.25, 0.3) is 0 Å². The maximum atomic E-state index is 12.7. The number of nitrogens with one attached hydrogen (secondary N) is 1. The first-order chi connectivity index (χ1) is 13.8. The van der Waals surface area contributed by atoms with Crippen LogP contribution in [0.5, 0.6) is 0 Å². The van der Waals surface area contributed by atoms with Gasteiger partial charge in [0.1, 0.15) is 4.90 Å². The molecule has 0 fully saturated rings. The second-order valence-electron chi connectivity index (χ2n) is 6.65. The summed E-state index contributed by atoms with van der Waals surface area (Å²) in [5, 5.41) is 2.72. The average Bonchev–Trinajstić information content (AvgIpc) is 2.64. The molecule has 30 heavy (non-hydrogen) atoms. The van der Waals surface area contributed by atoms with Gasteiger partial charge in [-0.15, -0.1) is 0 Å². The number of carbonyl (C=O) groups is 1. The largest absolute Gasteiger partial charge is 0.325 e. The molecule has 0 unspecified atom stereocenters. The third-order valence-corrected chi connectivity index (χ3v) is 8.54. The zero-order chi connectivity index (χ0) is 22.9. The van der Waals surface area contributed by atoms with Crippen LogP contribution in [0.15, 0.2) is 46.2 Å². The van der Waals surface area contributed by atoms with Gasteiger partial charge in [-0.2, -0.15) is 4.31 Å². The lowest BCUT2D eigenvalue weighted by molar-refractivity contribution is -0.116. The molecule has 0 aromatic heterocycles. The van der Waals surface area contributed by atoms with Gasteiger partial charge in [-0.05, 0) is 42.8 Å². The standard InChI is InChI=1S/C18H21Cl2N3O5S2/c1-12-5-7-14(29(25,26)22(2)3)10-16(12)21-18(24)11-23(4)30(27,28)17-9-13(19)6-8-15(17)20/h5-10H,11H2,1-4H3,(H,21,24). The normalized spacial score (nSPS) is 12.4. The number of carbonyl (C=O) groups excluding carboxylic acids is 1. The van der Waals surface area contributed by atoms with Crippen LogP contribution >= 0.6 is 23.2 Å². The van der Waals surface area contributed by atoms with Crippen molar-refractivity contribution in [1.29, 1.82) is 0 Å². The van der Waals surface area contributed by atoms with E-state index in [1.165, 1.54) is 51.5 Å². The van der Waals surface area contributed by atoms with E-state index in [0.717, 1.165) is 8.61 Å². The zero-order valence-electron chi connectivity index (χ0n) is 16.7. The first kappa shape index (κ1) is 24.6. The van der Waals surface area contributed by atoms with E-state index >= 15 is 0 Å². The number of hydrogen-bond acceptors (Lipinski definition) is 5. The molecule has 1 N–H and O–H groups in total. The van der Waals surface area contributed by atoms with Gasteiger partial charge in [0.25, 0.3) is 0 Å². The summed E-state index contributed by atoms with van der Waals surface area (Å²) in [6, 6.07) is 8.31. The van der Waals surface area contributed by atoms with Gasteiger partial charge < -0.3 is 5.32 Å². The molecule has 0 saturated heterocycles. The van der Waals surface area contributed by atoms with Crippen LogP contribution < -0.4 is 5.32 Å². The fourth-order valence-corrected chi connectivity index (χ4v) is 5.22. The van der Waals surface area contributed by atoms with E-state index in [-0.39, 0.29) is 25.5 Å². The van der Waals surface area contributed by atoms with Crippen LogP contribution in [-0.2, 0) is 24.8 Å². The number of anilines is 1. The van der Waals surface area contributed by atoms with Gasteiger partial charge in [-0.25, -0.2) is 21.1 Å². The SMILES string of the molecule is Cc1ccc(S(=O)(=O)N(C)C)cc1NC(=O)CN(C)S(=O)(=O)c1cc(Cl)ccc1Cl. The summed E-state index contributed by atoms with van der Waals surface area (Å²) >= 11 is 11.8.